The summed E-state index contributed by atoms with van der Waals surface area (Å²) in [6.45, 7) is 3.75. The first-order valence-corrected chi connectivity index (χ1v) is 11.5. The first-order valence-electron chi connectivity index (χ1n) is 9.25. The number of hydrogen-bond donors (Lipinski definition) is 6. The van der Waals surface area contributed by atoms with Crippen LogP contribution in [0.15, 0.2) is 33.1 Å². The van der Waals surface area contributed by atoms with Crippen LogP contribution >= 0.6 is 11.6 Å². The van der Waals surface area contributed by atoms with Gasteiger partial charge in [-0.1, -0.05) is 31.5 Å². The van der Waals surface area contributed by atoms with Gasteiger partial charge in [-0.15, -0.1) is 0 Å². The molecular formula is C18H25ClN10O4S. The van der Waals surface area contributed by atoms with Crippen LogP contribution in [0.5, 0.6) is 0 Å². The molecule has 2 amide bonds. The minimum Gasteiger partial charge on any atom is -0.382 e. The summed E-state index contributed by atoms with van der Waals surface area (Å²) in [5.41, 5.74) is 31.5. The SMILES string of the molecule is CC(C)c1ccc(C(=O)N=C(N)N)cc1S(C)(=O)=O.NC(N)=NC(=O)c1nc(Cl)c(N)nc1N. The zero-order valence-corrected chi connectivity index (χ0v) is 20.1. The number of halogens is 1. The lowest BCUT2D eigenvalue weighted by molar-refractivity contribution is 0.0992. The zero-order chi connectivity index (χ0) is 26.4. The lowest BCUT2D eigenvalue weighted by Crippen LogP contribution is -2.24. The highest BCUT2D eigenvalue weighted by Gasteiger charge is 2.18. The molecule has 0 unspecified atom stereocenters. The summed E-state index contributed by atoms with van der Waals surface area (Å²) in [6, 6.07) is 4.43. The number of aliphatic imine (C=N–C) groups is 2. The van der Waals surface area contributed by atoms with Gasteiger partial charge in [0, 0.05) is 11.8 Å². The summed E-state index contributed by atoms with van der Waals surface area (Å²) in [5, 5.41) is -0.140. The smallest absolute Gasteiger partial charge is 0.302 e. The van der Waals surface area contributed by atoms with Gasteiger partial charge < -0.3 is 34.4 Å². The number of nitrogen functional groups attached to an aromatic ring is 2. The number of carbonyl (C=O) groups excluding carboxylic acids is 2. The molecule has 0 aliphatic heterocycles. The Morgan fingerprint density at radius 3 is 1.94 bits per heavy atom. The summed E-state index contributed by atoms with van der Waals surface area (Å²) in [4.78, 5) is 36.9. The van der Waals surface area contributed by atoms with Crippen LogP contribution in [-0.4, -0.2) is 48.4 Å². The summed E-state index contributed by atoms with van der Waals surface area (Å²) in [7, 11) is -3.43. The largest absolute Gasteiger partial charge is 0.382 e. The molecule has 1 aromatic carbocycles. The van der Waals surface area contributed by atoms with Gasteiger partial charge in [0.2, 0.25) is 0 Å². The number of sulfone groups is 1. The van der Waals surface area contributed by atoms with E-state index in [2.05, 4.69) is 20.0 Å². The summed E-state index contributed by atoms with van der Waals surface area (Å²) >= 11 is 5.55. The Bertz CT molecular complexity index is 1270. The summed E-state index contributed by atoms with van der Waals surface area (Å²) < 4.78 is 23.5. The van der Waals surface area contributed by atoms with Gasteiger partial charge in [-0.25, -0.2) is 18.4 Å². The summed E-state index contributed by atoms with van der Waals surface area (Å²) in [5.74, 6) is -2.51. The maximum atomic E-state index is 11.8. The maximum Gasteiger partial charge on any atom is 0.302 e. The van der Waals surface area contributed by atoms with Crippen molar-refractivity contribution >= 4 is 56.8 Å². The lowest BCUT2D eigenvalue weighted by Gasteiger charge is -2.12. The molecule has 16 heteroatoms. The Morgan fingerprint density at radius 1 is 0.941 bits per heavy atom. The standard InChI is InChI=1S/C12H17N3O3S.C6H8ClN7O/c1-7(2)9-5-4-8(11(16)15-12(13)14)6-10(9)19(3,17)18;7-2-4(9)13-3(8)1(12-2)5(15)14-6(10)11/h4-7H,1-3H3,(H4,13,14,15,16);(H4,8,9,13)(H4,10,11,14,15). The molecule has 0 saturated heterocycles. The van der Waals surface area contributed by atoms with Crippen molar-refractivity contribution in [1.29, 1.82) is 0 Å². The average Bonchev–Trinajstić information content (AvgIpc) is 2.69. The van der Waals surface area contributed by atoms with E-state index in [9.17, 15) is 18.0 Å². The normalized spacial score (nSPS) is 10.6. The second-order valence-electron chi connectivity index (χ2n) is 7.00. The van der Waals surface area contributed by atoms with Gasteiger partial charge in [0.05, 0.1) is 4.90 Å². The Hall–Kier alpha value is -3.98. The third-order valence-corrected chi connectivity index (χ3v) is 5.28. The molecule has 0 saturated carbocycles. The molecule has 2 aromatic rings. The number of rotatable bonds is 4. The molecular weight excluding hydrogens is 488 g/mol. The molecule has 14 nitrogen and oxygen atoms in total. The third-order valence-electron chi connectivity index (χ3n) is 3.85. The maximum absolute atomic E-state index is 11.8. The predicted octanol–water partition coefficient (Wildman–Crippen LogP) is -0.665. The highest BCUT2D eigenvalue weighted by atomic mass is 35.5. The molecule has 0 aliphatic rings. The van der Waals surface area contributed by atoms with E-state index < -0.39 is 27.6 Å². The molecule has 0 spiro atoms. The second kappa shape index (κ2) is 11.2. The van der Waals surface area contributed by atoms with Gasteiger partial charge in [0.25, 0.3) is 5.91 Å². The molecule has 0 aliphatic carbocycles. The zero-order valence-electron chi connectivity index (χ0n) is 18.5. The van der Waals surface area contributed by atoms with Crippen LogP contribution in [0.3, 0.4) is 0 Å². The van der Waals surface area contributed by atoms with E-state index in [0.717, 1.165) is 6.26 Å². The predicted molar refractivity (Wildman–Crippen MR) is 130 cm³/mol. The monoisotopic (exact) mass is 512 g/mol. The lowest BCUT2D eigenvalue weighted by atomic mass is 10.0. The van der Waals surface area contributed by atoms with Gasteiger partial charge in [-0.05, 0) is 23.6 Å². The number of aromatic nitrogens is 2. The van der Waals surface area contributed by atoms with E-state index in [1.54, 1.807) is 6.07 Å². The number of anilines is 2. The minimum atomic E-state index is -3.43. The van der Waals surface area contributed by atoms with Crippen molar-refractivity contribution < 1.29 is 18.0 Å². The fraction of sp³-hybridized carbons (Fsp3) is 0.222. The molecule has 0 atom stereocenters. The number of benzene rings is 1. The fourth-order valence-corrected chi connectivity index (χ4v) is 3.62. The van der Waals surface area contributed by atoms with Crippen molar-refractivity contribution in [2.75, 3.05) is 17.7 Å². The van der Waals surface area contributed by atoms with E-state index in [1.807, 2.05) is 13.8 Å². The Morgan fingerprint density at radius 2 is 1.47 bits per heavy atom. The molecule has 184 valence electrons. The average molecular weight is 513 g/mol. The third kappa shape index (κ3) is 7.86. The number of amides is 2. The first-order chi connectivity index (χ1) is 15.5. The van der Waals surface area contributed by atoms with Gasteiger partial charge in [-0.2, -0.15) is 9.98 Å². The van der Waals surface area contributed by atoms with Crippen molar-refractivity contribution in [3.8, 4) is 0 Å². The minimum absolute atomic E-state index is 0.0250. The van der Waals surface area contributed by atoms with Gasteiger partial charge in [-0.3, -0.25) is 9.59 Å². The number of nitrogens with two attached hydrogens (primary N) is 6. The molecule has 2 rings (SSSR count). The molecule has 1 aromatic heterocycles. The number of carbonyl (C=O) groups is 2. The Balaban J connectivity index is 0.000000350. The molecule has 0 fully saturated rings. The van der Waals surface area contributed by atoms with Crippen LogP contribution in [0.1, 0.15) is 46.2 Å². The molecule has 1 heterocycles. The Labute approximate surface area is 200 Å². The van der Waals surface area contributed by atoms with Gasteiger partial charge >= 0.3 is 5.91 Å². The van der Waals surface area contributed by atoms with Crippen molar-refractivity contribution in [3.05, 3.63) is 40.2 Å². The second-order valence-corrected chi connectivity index (χ2v) is 9.34. The van der Waals surface area contributed by atoms with Crippen LogP contribution in [0, 0.1) is 0 Å². The van der Waals surface area contributed by atoms with Crippen LogP contribution < -0.4 is 34.4 Å². The van der Waals surface area contributed by atoms with Crippen LogP contribution in [0.2, 0.25) is 5.15 Å². The van der Waals surface area contributed by atoms with E-state index in [0.29, 0.717) is 5.56 Å². The van der Waals surface area contributed by atoms with Crippen molar-refractivity contribution in [2.24, 2.45) is 32.9 Å². The molecule has 12 N–H and O–H groups in total. The number of guanidine groups is 2. The van der Waals surface area contributed by atoms with E-state index >= 15 is 0 Å². The van der Waals surface area contributed by atoms with E-state index in [4.69, 9.17) is 46.0 Å². The van der Waals surface area contributed by atoms with Crippen molar-refractivity contribution in [1.82, 2.24) is 9.97 Å². The highest BCUT2D eigenvalue weighted by Crippen LogP contribution is 2.25. The highest BCUT2D eigenvalue weighted by molar-refractivity contribution is 7.90. The van der Waals surface area contributed by atoms with Gasteiger partial charge in [0.15, 0.2) is 44.2 Å². The fourth-order valence-electron chi connectivity index (χ4n) is 2.42. The Kier molecular flexibility index (Phi) is 9.28. The van der Waals surface area contributed by atoms with E-state index in [-0.39, 0.29) is 44.8 Å². The topological polar surface area (TPSA) is 275 Å². The van der Waals surface area contributed by atoms with E-state index in [1.165, 1.54) is 12.1 Å². The van der Waals surface area contributed by atoms with Crippen LogP contribution in [0.4, 0.5) is 11.6 Å². The van der Waals surface area contributed by atoms with Crippen molar-refractivity contribution in [2.45, 2.75) is 24.7 Å². The van der Waals surface area contributed by atoms with Crippen LogP contribution in [0.25, 0.3) is 0 Å². The number of nitrogens with zero attached hydrogens (tertiary/aromatic N) is 4. The number of hydrogen-bond acceptors (Lipinski definition) is 8. The summed E-state index contributed by atoms with van der Waals surface area (Å²) in [6.07, 6.45) is 1.10. The quantitative estimate of drug-likeness (QED) is 0.220. The van der Waals surface area contributed by atoms with Crippen molar-refractivity contribution in [3.63, 3.8) is 0 Å². The van der Waals surface area contributed by atoms with Gasteiger partial charge in [0.1, 0.15) is 0 Å². The van der Waals surface area contributed by atoms with Crippen LogP contribution in [-0.2, 0) is 9.84 Å². The molecule has 0 bridgehead atoms. The molecule has 0 radical (unpaired) electrons. The molecule has 34 heavy (non-hydrogen) atoms. The first kappa shape index (κ1) is 28.1.